The fourth-order valence-electron chi connectivity index (χ4n) is 3.25. The van der Waals surface area contributed by atoms with Crippen molar-refractivity contribution in [2.24, 2.45) is 0 Å². The van der Waals surface area contributed by atoms with E-state index in [2.05, 4.69) is 25.9 Å². The van der Waals surface area contributed by atoms with Crippen molar-refractivity contribution in [3.8, 4) is 33.0 Å². The number of hydrogen-bond donors (Lipinski definition) is 3. The summed E-state index contributed by atoms with van der Waals surface area (Å²) in [5.74, 6) is 0.167. The van der Waals surface area contributed by atoms with Gasteiger partial charge in [-0.05, 0) is 19.1 Å². The first kappa shape index (κ1) is 22.1. The molecule has 4 rings (SSSR count). The first-order chi connectivity index (χ1) is 16.1. The number of hydrogen-bond acceptors (Lipinski definition) is 6. The number of rotatable bonds is 6. The average Bonchev–Trinajstić information content (AvgIpc) is 3.34. The molecule has 0 fully saturated rings. The topological polar surface area (TPSA) is 109 Å². The van der Waals surface area contributed by atoms with Crippen molar-refractivity contribution in [2.75, 3.05) is 18.9 Å². The van der Waals surface area contributed by atoms with Crippen LogP contribution in [0.15, 0.2) is 66.4 Å². The van der Waals surface area contributed by atoms with E-state index in [-0.39, 0.29) is 11.9 Å². The molecule has 8 nitrogen and oxygen atoms in total. The summed E-state index contributed by atoms with van der Waals surface area (Å²) in [5.41, 5.74) is 4.56. The molecule has 0 saturated heterocycles. The molecule has 0 saturated carbocycles. The van der Waals surface area contributed by atoms with Gasteiger partial charge < -0.3 is 10.6 Å². The summed E-state index contributed by atoms with van der Waals surface area (Å²) in [7, 11) is 1.57. The van der Waals surface area contributed by atoms with E-state index in [1.807, 2.05) is 42.6 Å². The fourth-order valence-corrected chi connectivity index (χ4v) is 4.11. The van der Waals surface area contributed by atoms with E-state index in [4.69, 9.17) is 4.98 Å². The number of amides is 3. The molecule has 0 aliphatic heterocycles. The van der Waals surface area contributed by atoms with E-state index in [1.165, 1.54) is 17.5 Å². The Morgan fingerprint density at radius 1 is 1.00 bits per heavy atom. The summed E-state index contributed by atoms with van der Waals surface area (Å²) in [6, 6.07) is 13.1. The Bertz CT molecular complexity index is 1290. The summed E-state index contributed by atoms with van der Waals surface area (Å²) >= 11 is 1.49. The Morgan fingerprint density at radius 2 is 1.82 bits per heavy atom. The lowest BCUT2D eigenvalue weighted by molar-refractivity contribution is 0.0962. The smallest absolute Gasteiger partial charge is 0.320 e. The van der Waals surface area contributed by atoms with Crippen LogP contribution in [-0.2, 0) is 0 Å². The molecule has 4 aromatic rings. The van der Waals surface area contributed by atoms with Crippen molar-refractivity contribution < 1.29 is 9.59 Å². The van der Waals surface area contributed by atoms with Crippen molar-refractivity contribution >= 4 is 29.1 Å². The fraction of sp³-hybridized carbons (Fsp3) is 0.125. The summed E-state index contributed by atoms with van der Waals surface area (Å²) in [6.07, 6.45) is 4.85. The molecule has 3 N–H and O–H groups in total. The van der Waals surface area contributed by atoms with Crippen LogP contribution in [0.3, 0.4) is 0 Å². The van der Waals surface area contributed by atoms with Gasteiger partial charge in [-0.1, -0.05) is 30.3 Å². The number of urea groups is 1. The lowest BCUT2D eigenvalue weighted by Gasteiger charge is -2.11. The standard InChI is InChI=1S/C24H22N6O2S/c1-3-27-24(32)30-21-10-18(23-29-20(14-33-23)15-7-5-4-6-8-15)19(13-28-21)16-9-17(12-26-11-16)22(31)25-2/h4-14H,3H2,1-2H3,(H,25,31)(H2,27,28,30,32). The van der Waals surface area contributed by atoms with Gasteiger partial charge in [0.15, 0.2) is 0 Å². The van der Waals surface area contributed by atoms with Crippen LogP contribution in [0.4, 0.5) is 10.6 Å². The van der Waals surface area contributed by atoms with Gasteiger partial charge in [0.05, 0.1) is 11.3 Å². The highest BCUT2D eigenvalue weighted by Gasteiger charge is 2.16. The number of nitrogens with one attached hydrogen (secondary N) is 3. The lowest BCUT2D eigenvalue weighted by atomic mass is 10.0. The molecule has 166 valence electrons. The van der Waals surface area contributed by atoms with E-state index in [1.54, 1.807) is 31.6 Å². The minimum absolute atomic E-state index is 0.228. The Balaban J connectivity index is 1.80. The number of thiazole rings is 1. The van der Waals surface area contributed by atoms with E-state index in [9.17, 15) is 9.59 Å². The van der Waals surface area contributed by atoms with Crippen molar-refractivity contribution in [3.63, 3.8) is 0 Å². The van der Waals surface area contributed by atoms with Crippen LogP contribution >= 0.6 is 11.3 Å². The number of benzene rings is 1. The zero-order valence-electron chi connectivity index (χ0n) is 18.1. The highest BCUT2D eigenvalue weighted by molar-refractivity contribution is 7.13. The zero-order valence-corrected chi connectivity index (χ0v) is 18.9. The number of carbonyl (C=O) groups excluding carboxylic acids is 2. The first-order valence-corrected chi connectivity index (χ1v) is 11.2. The molecular formula is C24H22N6O2S. The maximum atomic E-state index is 12.1. The molecule has 3 amide bonds. The first-order valence-electron chi connectivity index (χ1n) is 10.3. The van der Waals surface area contributed by atoms with E-state index in [0.717, 1.165) is 33.0 Å². The molecule has 0 spiro atoms. The Kier molecular flexibility index (Phi) is 6.70. The van der Waals surface area contributed by atoms with Gasteiger partial charge in [-0.15, -0.1) is 11.3 Å². The molecule has 1 aromatic carbocycles. The van der Waals surface area contributed by atoms with Crippen LogP contribution < -0.4 is 16.0 Å². The van der Waals surface area contributed by atoms with E-state index < -0.39 is 0 Å². The number of aromatic nitrogens is 3. The maximum Gasteiger partial charge on any atom is 0.320 e. The van der Waals surface area contributed by atoms with Gasteiger partial charge >= 0.3 is 6.03 Å². The van der Waals surface area contributed by atoms with Crippen LogP contribution in [0.2, 0.25) is 0 Å². The van der Waals surface area contributed by atoms with Crippen molar-refractivity contribution in [1.29, 1.82) is 0 Å². The number of carbonyl (C=O) groups is 2. The van der Waals surface area contributed by atoms with Gasteiger partial charge in [0, 0.05) is 59.8 Å². The van der Waals surface area contributed by atoms with Gasteiger partial charge in [0.2, 0.25) is 0 Å². The van der Waals surface area contributed by atoms with Gasteiger partial charge in [0.25, 0.3) is 5.91 Å². The summed E-state index contributed by atoms with van der Waals surface area (Å²) in [6.45, 7) is 2.34. The number of nitrogens with zero attached hydrogens (tertiary/aromatic N) is 3. The monoisotopic (exact) mass is 458 g/mol. The molecule has 33 heavy (non-hydrogen) atoms. The van der Waals surface area contributed by atoms with Gasteiger partial charge in [-0.2, -0.15) is 0 Å². The predicted molar refractivity (Wildman–Crippen MR) is 130 cm³/mol. The second kappa shape index (κ2) is 10.0. The van der Waals surface area contributed by atoms with Crippen molar-refractivity contribution in [1.82, 2.24) is 25.6 Å². The van der Waals surface area contributed by atoms with E-state index in [0.29, 0.717) is 17.9 Å². The number of anilines is 1. The normalized spacial score (nSPS) is 10.5. The average molecular weight is 459 g/mol. The molecular weight excluding hydrogens is 436 g/mol. The molecule has 9 heteroatoms. The molecule has 0 atom stereocenters. The SMILES string of the molecule is CCNC(=O)Nc1cc(-c2nc(-c3ccccc3)cs2)c(-c2cncc(C(=O)NC)c2)cn1. The molecule has 0 aliphatic rings. The summed E-state index contributed by atoms with van der Waals surface area (Å²) in [4.78, 5) is 37.6. The molecule has 0 bridgehead atoms. The third kappa shape index (κ3) is 5.04. The van der Waals surface area contributed by atoms with Crippen molar-refractivity contribution in [2.45, 2.75) is 6.92 Å². The predicted octanol–water partition coefficient (Wildman–Crippen LogP) is 4.44. The van der Waals surface area contributed by atoms with Crippen LogP contribution in [0.25, 0.3) is 33.0 Å². The molecule has 3 heterocycles. The lowest BCUT2D eigenvalue weighted by Crippen LogP contribution is -2.28. The third-order valence-corrected chi connectivity index (χ3v) is 5.70. The zero-order chi connectivity index (χ0) is 23.2. The molecule has 0 aliphatic carbocycles. The number of pyridine rings is 2. The summed E-state index contributed by atoms with van der Waals surface area (Å²) < 4.78 is 0. The maximum absolute atomic E-state index is 12.1. The van der Waals surface area contributed by atoms with Crippen molar-refractivity contribution in [3.05, 3.63) is 72.0 Å². The second-order valence-corrected chi connectivity index (χ2v) is 7.90. The minimum Gasteiger partial charge on any atom is -0.355 e. The van der Waals surface area contributed by atoms with Gasteiger partial charge in [-0.25, -0.2) is 14.8 Å². The minimum atomic E-state index is -0.337. The molecule has 3 aromatic heterocycles. The highest BCUT2D eigenvalue weighted by atomic mass is 32.1. The third-order valence-electron chi connectivity index (χ3n) is 4.83. The largest absolute Gasteiger partial charge is 0.355 e. The van der Waals surface area contributed by atoms with Crippen LogP contribution in [0, 0.1) is 0 Å². The Morgan fingerprint density at radius 3 is 2.58 bits per heavy atom. The van der Waals surface area contributed by atoms with Crippen LogP contribution in [0.5, 0.6) is 0 Å². The van der Waals surface area contributed by atoms with Crippen LogP contribution in [-0.4, -0.2) is 40.5 Å². The van der Waals surface area contributed by atoms with Gasteiger partial charge in [0.1, 0.15) is 10.8 Å². The highest BCUT2D eigenvalue weighted by Crippen LogP contribution is 2.36. The Hall–Kier alpha value is -4.11. The summed E-state index contributed by atoms with van der Waals surface area (Å²) in [5, 5.41) is 10.8. The van der Waals surface area contributed by atoms with Gasteiger partial charge in [-0.3, -0.25) is 15.1 Å². The molecule has 0 radical (unpaired) electrons. The quantitative estimate of drug-likeness (QED) is 0.396. The van der Waals surface area contributed by atoms with Crippen LogP contribution in [0.1, 0.15) is 17.3 Å². The second-order valence-electron chi connectivity index (χ2n) is 7.04. The van der Waals surface area contributed by atoms with E-state index >= 15 is 0 Å². The molecule has 0 unspecified atom stereocenters. The Labute approximate surface area is 195 Å².